The second-order valence-corrected chi connectivity index (χ2v) is 10.2. The average Bonchev–Trinajstić information content (AvgIpc) is 3.33. The van der Waals surface area contributed by atoms with Crippen LogP contribution in [0.5, 0.6) is 11.5 Å². The van der Waals surface area contributed by atoms with Crippen LogP contribution in [0.4, 0.5) is 0 Å². The van der Waals surface area contributed by atoms with Gasteiger partial charge in [0.05, 0.1) is 18.7 Å². The minimum atomic E-state index is -2.72. The molecule has 1 saturated heterocycles. The van der Waals surface area contributed by atoms with Crippen molar-refractivity contribution in [1.82, 2.24) is 4.90 Å². The molecule has 5 rings (SSSR count). The number of hydrogen-bond acceptors (Lipinski definition) is 10. The van der Waals surface area contributed by atoms with Crippen LogP contribution in [0.15, 0.2) is 23.0 Å². The fourth-order valence-corrected chi connectivity index (χ4v) is 6.84. The molecule has 8 N–H and O–H groups in total. The fraction of sp³-hybridized carbons (Fsp3) is 0.500. The van der Waals surface area contributed by atoms with Gasteiger partial charge >= 0.3 is 0 Å². The molecule has 1 saturated carbocycles. The molecule has 1 aromatic rings. The van der Waals surface area contributed by atoms with Gasteiger partial charge in [0.2, 0.25) is 5.78 Å². The van der Waals surface area contributed by atoms with Crippen molar-refractivity contribution >= 4 is 23.2 Å². The number of likely N-dealkylation sites (tertiary alicyclic amines) is 1. The number of nitrogens with two attached hydrogens (primary N) is 2. The number of phenols is 1. The molecular formula is C26H31N3O8. The summed E-state index contributed by atoms with van der Waals surface area (Å²) in [5.41, 5.74) is 8.74. The maximum atomic E-state index is 13.7. The van der Waals surface area contributed by atoms with Gasteiger partial charge in [0.15, 0.2) is 11.4 Å². The molecule has 11 heteroatoms. The van der Waals surface area contributed by atoms with Crippen LogP contribution in [-0.4, -0.2) is 74.6 Å². The number of ether oxygens (including phenoxy) is 1. The van der Waals surface area contributed by atoms with Crippen molar-refractivity contribution in [2.75, 3.05) is 20.2 Å². The molecule has 3 aliphatic carbocycles. The number of methoxy groups -OCH3 is 1. The van der Waals surface area contributed by atoms with E-state index in [-0.39, 0.29) is 35.8 Å². The number of hydrogen-bond donors (Lipinski definition) is 6. The number of phenolic OH excluding ortho intramolecular Hbond substituents is 1. The first kappa shape index (κ1) is 25.2. The van der Waals surface area contributed by atoms with Gasteiger partial charge in [-0.2, -0.15) is 0 Å². The van der Waals surface area contributed by atoms with E-state index in [9.17, 15) is 34.8 Å². The van der Waals surface area contributed by atoms with Gasteiger partial charge in [-0.15, -0.1) is 0 Å². The highest BCUT2D eigenvalue weighted by Gasteiger charge is 2.63. The average molecular weight is 514 g/mol. The van der Waals surface area contributed by atoms with E-state index in [1.807, 2.05) is 0 Å². The number of amides is 1. The lowest BCUT2D eigenvalue weighted by atomic mass is 9.58. The van der Waals surface area contributed by atoms with Crippen LogP contribution in [0.25, 0.3) is 5.76 Å². The number of rotatable bonds is 4. The monoisotopic (exact) mass is 513 g/mol. The van der Waals surface area contributed by atoms with E-state index in [1.54, 1.807) is 0 Å². The van der Waals surface area contributed by atoms with Crippen molar-refractivity contribution in [1.29, 1.82) is 0 Å². The van der Waals surface area contributed by atoms with Crippen molar-refractivity contribution in [3.63, 3.8) is 0 Å². The van der Waals surface area contributed by atoms with Crippen LogP contribution in [0.1, 0.15) is 48.9 Å². The predicted octanol–water partition coefficient (Wildman–Crippen LogP) is 0.527. The molecule has 1 aliphatic heterocycles. The first-order valence-electron chi connectivity index (χ1n) is 12.4. The Morgan fingerprint density at radius 1 is 1.27 bits per heavy atom. The Morgan fingerprint density at radius 3 is 2.59 bits per heavy atom. The molecule has 1 heterocycles. The Hall–Kier alpha value is -3.41. The van der Waals surface area contributed by atoms with E-state index in [4.69, 9.17) is 16.2 Å². The Balaban J connectivity index is 1.69. The molecule has 1 amide bonds. The largest absolute Gasteiger partial charge is 0.508 e. The van der Waals surface area contributed by atoms with Gasteiger partial charge in [-0.25, -0.2) is 0 Å². The molecule has 0 aromatic heterocycles. The number of carbonyl (C=O) groups is 3. The Bertz CT molecular complexity index is 1300. The van der Waals surface area contributed by atoms with E-state index >= 15 is 0 Å². The van der Waals surface area contributed by atoms with Crippen molar-refractivity contribution in [2.45, 2.75) is 50.3 Å². The Labute approximate surface area is 213 Å². The summed E-state index contributed by atoms with van der Waals surface area (Å²) in [5, 5.41) is 44.5. The molecule has 5 atom stereocenters. The number of fused-ring (bicyclic) bond motifs is 3. The third-order valence-corrected chi connectivity index (χ3v) is 8.56. The molecule has 2 fully saturated rings. The normalized spacial score (nSPS) is 31.8. The lowest BCUT2D eigenvalue weighted by Gasteiger charge is -2.48. The van der Waals surface area contributed by atoms with Crippen LogP contribution in [-0.2, 0) is 20.8 Å². The number of aromatic hydroxyl groups is 1. The lowest BCUT2D eigenvalue weighted by molar-refractivity contribution is -0.149. The number of nitrogens with zero attached hydrogens (tertiary/aromatic N) is 1. The molecule has 0 bridgehead atoms. The molecule has 11 nitrogen and oxygen atoms in total. The zero-order valence-corrected chi connectivity index (χ0v) is 20.7. The second-order valence-electron chi connectivity index (χ2n) is 10.2. The highest BCUT2D eigenvalue weighted by molar-refractivity contribution is 6.24. The maximum absolute atomic E-state index is 13.7. The number of aliphatic hydroxyl groups excluding tert-OH is 2. The van der Waals surface area contributed by atoms with Gasteiger partial charge in [0.25, 0.3) is 5.91 Å². The summed E-state index contributed by atoms with van der Waals surface area (Å²) >= 11 is 0. The molecule has 0 radical (unpaired) electrons. The predicted molar refractivity (Wildman–Crippen MR) is 131 cm³/mol. The summed E-state index contributed by atoms with van der Waals surface area (Å²) in [6.07, 6.45) is 1.97. The van der Waals surface area contributed by atoms with Crippen LogP contribution in [0, 0.1) is 11.8 Å². The van der Waals surface area contributed by atoms with E-state index in [0.29, 0.717) is 11.3 Å². The summed E-state index contributed by atoms with van der Waals surface area (Å²) in [6, 6.07) is 0.0758. The fourth-order valence-electron chi connectivity index (χ4n) is 6.84. The van der Waals surface area contributed by atoms with Crippen molar-refractivity contribution in [3.8, 4) is 11.5 Å². The standard InChI is InChI=1S/C26H31N3O8/c1-3-29-6-4-5-14(29)11-9-15(30)17-12(22(11)37-2)7-10-8-13-19(27)21(32)18(25(28)35)24(34)26(13,36)23(33)16(10)20(17)31/h9-10,13-14,19,30-31,34,36H,3-8,27H2,1-2H3,(H2,28,35)/t10-,13-,14-,19-,26-/m1/s1. The SMILES string of the molecule is CCN1CCC[C@@H]1c1cc(O)c2c(c1OC)C[C@@H]1C[C@@H]3[C@@H](N)C(=O)C(C(N)=O)=C(O)[C@]3(O)C(=O)C1=C2O. The van der Waals surface area contributed by atoms with Crippen molar-refractivity contribution < 1.29 is 39.5 Å². The molecule has 0 unspecified atom stereocenters. The van der Waals surface area contributed by atoms with E-state index < -0.39 is 58.0 Å². The first-order valence-corrected chi connectivity index (χ1v) is 12.4. The molecular weight excluding hydrogens is 482 g/mol. The quantitative estimate of drug-likeness (QED) is 0.309. The van der Waals surface area contributed by atoms with Gasteiger partial charge in [0.1, 0.15) is 28.6 Å². The second kappa shape index (κ2) is 8.57. The number of primary amides is 1. The smallest absolute Gasteiger partial charge is 0.255 e. The number of Topliss-reactive ketones (excluding diaryl/α,β-unsaturated/α-hetero) is 2. The molecule has 1 aromatic carbocycles. The molecule has 4 aliphatic rings. The summed E-state index contributed by atoms with van der Waals surface area (Å²) < 4.78 is 5.80. The van der Waals surface area contributed by atoms with Crippen LogP contribution in [0.3, 0.4) is 0 Å². The third kappa shape index (κ3) is 3.27. The van der Waals surface area contributed by atoms with E-state index in [0.717, 1.165) is 31.5 Å². The minimum Gasteiger partial charge on any atom is -0.508 e. The topological polar surface area (TPSA) is 197 Å². The van der Waals surface area contributed by atoms with Gasteiger partial charge in [-0.05, 0) is 50.8 Å². The summed E-state index contributed by atoms with van der Waals surface area (Å²) in [6.45, 7) is 3.78. The van der Waals surface area contributed by atoms with Crippen LogP contribution in [0.2, 0.25) is 0 Å². The zero-order valence-electron chi connectivity index (χ0n) is 20.7. The van der Waals surface area contributed by atoms with Gasteiger partial charge in [-0.3, -0.25) is 19.3 Å². The van der Waals surface area contributed by atoms with Crippen LogP contribution < -0.4 is 16.2 Å². The number of carbonyl (C=O) groups excluding carboxylic acids is 3. The number of aliphatic hydroxyl groups is 3. The summed E-state index contributed by atoms with van der Waals surface area (Å²) in [5.74, 6) is -6.78. The number of benzene rings is 1. The summed E-state index contributed by atoms with van der Waals surface area (Å²) in [7, 11) is 1.51. The maximum Gasteiger partial charge on any atom is 0.255 e. The number of ketones is 2. The van der Waals surface area contributed by atoms with E-state index in [1.165, 1.54) is 13.2 Å². The lowest BCUT2D eigenvalue weighted by Crippen LogP contribution is -2.65. The minimum absolute atomic E-state index is 0.0121. The Kier molecular flexibility index (Phi) is 5.85. The molecule has 0 spiro atoms. The van der Waals surface area contributed by atoms with Crippen molar-refractivity contribution in [2.24, 2.45) is 23.3 Å². The van der Waals surface area contributed by atoms with Crippen molar-refractivity contribution in [3.05, 3.63) is 39.7 Å². The highest BCUT2D eigenvalue weighted by Crippen LogP contribution is 2.54. The molecule has 198 valence electrons. The molecule has 37 heavy (non-hydrogen) atoms. The van der Waals surface area contributed by atoms with Gasteiger partial charge in [0, 0.05) is 28.7 Å². The van der Waals surface area contributed by atoms with Gasteiger partial charge in [-0.1, -0.05) is 6.92 Å². The van der Waals surface area contributed by atoms with Crippen LogP contribution >= 0.6 is 0 Å². The summed E-state index contributed by atoms with van der Waals surface area (Å²) in [4.78, 5) is 40.5. The first-order chi connectivity index (χ1) is 17.5. The highest BCUT2D eigenvalue weighted by atomic mass is 16.5. The van der Waals surface area contributed by atoms with Gasteiger partial charge < -0.3 is 36.6 Å². The Morgan fingerprint density at radius 2 is 1.97 bits per heavy atom. The third-order valence-electron chi connectivity index (χ3n) is 8.56. The zero-order chi connectivity index (χ0) is 27.0. The van der Waals surface area contributed by atoms with E-state index in [2.05, 4.69) is 11.8 Å².